The Labute approximate surface area is 101 Å². The first-order chi connectivity index (χ1) is 6.13. The van der Waals surface area contributed by atoms with E-state index >= 15 is 0 Å². The highest BCUT2D eigenvalue weighted by Crippen LogP contribution is 2.19. The van der Waals surface area contributed by atoms with Crippen molar-refractivity contribution in [1.82, 2.24) is 10.2 Å². The molecule has 0 radical (unpaired) electrons. The highest BCUT2D eigenvalue weighted by atomic mass is 127. The van der Waals surface area contributed by atoms with Gasteiger partial charge in [0.25, 0.3) is 0 Å². The van der Waals surface area contributed by atoms with Crippen molar-refractivity contribution in [2.45, 2.75) is 13.3 Å². The molecule has 1 aromatic rings. The van der Waals surface area contributed by atoms with Crippen LogP contribution < -0.4 is 0 Å². The zero-order chi connectivity index (χ0) is 9.84. The highest BCUT2D eigenvalue weighted by molar-refractivity contribution is 14.1. The van der Waals surface area contributed by atoms with E-state index in [0.717, 1.165) is 16.4 Å². The molecule has 0 N–H and O–H groups in total. The van der Waals surface area contributed by atoms with Gasteiger partial charge in [0.1, 0.15) is 0 Å². The van der Waals surface area contributed by atoms with Crippen LogP contribution in [0.3, 0.4) is 0 Å². The first-order valence-corrected chi connectivity index (χ1v) is 6.15. The minimum Gasteiger partial charge on any atom is -0.137 e. The molecule has 1 heterocycles. The zero-order valence-corrected chi connectivity index (χ0v) is 10.8. The number of alkyl halides is 1. The van der Waals surface area contributed by atoms with E-state index in [2.05, 4.69) is 39.7 Å². The highest BCUT2D eigenvalue weighted by Gasteiger charge is 2.08. The Kier molecular flexibility index (Phi) is 4.69. The van der Waals surface area contributed by atoms with Crippen molar-refractivity contribution >= 4 is 45.8 Å². The molecule has 0 saturated heterocycles. The van der Waals surface area contributed by atoms with Crippen LogP contribution in [0, 0.1) is 5.92 Å². The fourth-order valence-corrected chi connectivity index (χ4v) is 1.61. The summed E-state index contributed by atoms with van der Waals surface area (Å²) >= 11 is 13.9. The molecule has 1 aromatic heterocycles. The van der Waals surface area contributed by atoms with Gasteiger partial charge in [-0.1, -0.05) is 52.7 Å². The number of hydrogen-bond acceptors (Lipinski definition) is 2. The molecule has 0 saturated carbocycles. The summed E-state index contributed by atoms with van der Waals surface area (Å²) in [4.78, 5) is 0. The molecule has 5 heteroatoms. The summed E-state index contributed by atoms with van der Waals surface area (Å²) in [5, 5.41) is 8.26. The van der Waals surface area contributed by atoms with Crippen molar-refractivity contribution < 1.29 is 0 Å². The molecule has 0 aromatic carbocycles. The fourth-order valence-electron chi connectivity index (χ4n) is 0.961. The molecule has 1 rings (SSSR count). The van der Waals surface area contributed by atoms with Gasteiger partial charge in [0.2, 0.25) is 0 Å². The van der Waals surface area contributed by atoms with Crippen LogP contribution in [0.25, 0.3) is 0 Å². The molecule has 0 fully saturated rings. The van der Waals surface area contributed by atoms with Crippen molar-refractivity contribution in [3.63, 3.8) is 0 Å². The Bertz CT molecular complexity index is 293. The van der Waals surface area contributed by atoms with Crippen LogP contribution in [0.2, 0.25) is 10.3 Å². The van der Waals surface area contributed by atoms with Gasteiger partial charge >= 0.3 is 0 Å². The van der Waals surface area contributed by atoms with Crippen LogP contribution in [0.4, 0.5) is 0 Å². The lowest BCUT2D eigenvalue weighted by atomic mass is 10.1. The van der Waals surface area contributed by atoms with Crippen molar-refractivity contribution in [2.24, 2.45) is 5.92 Å². The maximum absolute atomic E-state index is 5.86. The van der Waals surface area contributed by atoms with Crippen LogP contribution in [0.15, 0.2) is 6.07 Å². The molecule has 1 atom stereocenters. The van der Waals surface area contributed by atoms with E-state index in [0.29, 0.717) is 16.2 Å². The van der Waals surface area contributed by atoms with Crippen molar-refractivity contribution in [3.8, 4) is 0 Å². The SMILES string of the molecule is CC(CI)Cc1cc(Cl)nnc1Cl. The molecule has 0 aliphatic carbocycles. The summed E-state index contributed by atoms with van der Waals surface area (Å²) in [5.74, 6) is 0.582. The summed E-state index contributed by atoms with van der Waals surface area (Å²) in [6.45, 7) is 2.16. The molecular formula is C8H9Cl2IN2. The van der Waals surface area contributed by atoms with Gasteiger partial charge in [-0.25, -0.2) is 0 Å². The average molecular weight is 331 g/mol. The summed E-state index contributed by atoms with van der Waals surface area (Å²) in [7, 11) is 0. The van der Waals surface area contributed by atoms with Crippen LogP contribution in [-0.2, 0) is 6.42 Å². The van der Waals surface area contributed by atoms with E-state index in [1.165, 1.54) is 0 Å². The standard InChI is InChI=1S/C8H9Cl2IN2/c1-5(4-11)2-6-3-7(9)12-13-8(6)10/h3,5H,2,4H2,1H3. The third-order valence-corrected chi connectivity index (χ3v) is 3.63. The number of nitrogens with zero attached hydrogens (tertiary/aromatic N) is 2. The normalized spacial score (nSPS) is 12.9. The van der Waals surface area contributed by atoms with Gasteiger partial charge in [-0.15, -0.1) is 10.2 Å². The Balaban J connectivity index is 2.81. The molecule has 0 aliphatic heterocycles. The Morgan fingerprint density at radius 3 is 2.77 bits per heavy atom. The average Bonchev–Trinajstić information content (AvgIpc) is 2.11. The molecule has 0 aliphatic rings. The lowest BCUT2D eigenvalue weighted by Gasteiger charge is -2.07. The first kappa shape index (κ1) is 11.5. The van der Waals surface area contributed by atoms with Crippen molar-refractivity contribution in [3.05, 3.63) is 21.9 Å². The van der Waals surface area contributed by atoms with Gasteiger partial charge < -0.3 is 0 Å². The smallest absolute Gasteiger partial charge is 0.137 e. The van der Waals surface area contributed by atoms with Crippen molar-refractivity contribution in [1.29, 1.82) is 0 Å². The van der Waals surface area contributed by atoms with E-state index in [4.69, 9.17) is 23.2 Å². The van der Waals surface area contributed by atoms with Gasteiger partial charge in [-0.2, -0.15) is 0 Å². The number of rotatable bonds is 3. The van der Waals surface area contributed by atoms with Gasteiger partial charge in [0, 0.05) is 4.43 Å². The summed E-state index contributed by atoms with van der Waals surface area (Å²) < 4.78 is 1.09. The third-order valence-electron chi connectivity index (χ3n) is 1.62. The summed E-state index contributed by atoms with van der Waals surface area (Å²) in [6, 6.07) is 1.78. The Morgan fingerprint density at radius 2 is 2.15 bits per heavy atom. The number of halogens is 3. The van der Waals surface area contributed by atoms with Crippen LogP contribution in [-0.4, -0.2) is 14.6 Å². The van der Waals surface area contributed by atoms with Crippen LogP contribution in [0.5, 0.6) is 0 Å². The zero-order valence-electron chi connectivity index (χ0n) is 7.10. The predicted molar refractivity (Wildman–Crippen MR) is 63.8 cm³/mol. The lowest BCUT2D eigenvalue weighted by molar-refractivity contribution is 0.665. The number of aromatic nitrogens is 2. The van der Waals surface area contributed by atoms with Crippen LogP contribution >= 0.6 is 45.8 Å². The van der Waals surface area contributed by atoms with Gasteiger partial charge in [-0.05, 0) is 24.0 Å². The van der Waals surface area contributed by atoms with Gasteiger partial charge in [0.05, 0.1) is 0 Å². The van der Waals surface area contributed by atoms with E-state index in [1.807, 2.05) is 0 Å². The molecule has 0 bridgehead atoms. The first-order valence-electron chi connectivity index (χ1n) is 3.87. The molecule has 72 valence electrons. The van der Waals surface area contributed by atoms with E-state index in [9.17, 15) is 0 Å². The van der Waals surface area contributed by atoms with Crippen molar-refractivity contribution in [2.75, 3.05) is 4.43 Å². The Morgan fingerprint density at radius 1 is 1.46 bits per heavy atom. The molecule has 0 spiro atoms. The topological polar surface area (TPSA) is 25.8 Å². The quantitative estimate of drug-likeness (QED) is 0.627. The summed E-state index contributed by atoms with van der Waals surface area (Å²) in [6.07, 6.45) is 0.900. The van der Waals surface area contributed by atoms with Crippen LogP contribution in [0.1, 0.15) is 12.5 Å². The second-order valence-electron chi connectivity index (χ2n) is 2.95. The molecule has 13 heavy (non-hydrogen) atoms. The molecule has 0 amide bonds. The van der Waals surface area contributed by atoms with Gasteiger partial charge in [0.15, 0.2) is 10.3 Å². The van der Waals surface area contributed by atoms with E-state index in [1.54, 1.807) is 6.07 Å². The lowest BCUT2D eigenvalue weighted by Crippen LogP contribution is -2.02. The Hall–Kier alpha value is 0.390. The summed E-state index contributed by atoms with van der Waals surface area (Å²) in [5.41, 5.74) is 0.978. The monoisotopic (exact) mass is 330 g/mol. The predicted octanol–water partition coefficient (Wildman–Crippen LogP) is 3.40. The van der Waals surface area contributed by atoms with E-state index < -0.39 is 0 Å². The van der Waals surface area contributed by atoms with Gasteiger partial charge in [-0.3, -0.25) is 0 Å². The molecule has 2 nitrogen and oxygen atoms in total. The maximum Gasteiger partial charge on any atom is 0.155 e. The third kappa shape index (κ3) is 3.56. The minimum atomic E-state index is 0.403. The fraction of sp³-hybridized carbons (Fsp3) is 0.500. The molecular weight excluding hydrogens is 322 g/mol. The molecule has 1 unspecified atom stereocenters. The maximum atomic E-state index is 5.86. The second-order valence-corrected chi connectivity index (χ2v) is 4.57. The second kappa shape index (κ2) is 5.32. The largest absolute Gasteiger partial charge is 0.155 e. The minimum absolute atomic E-state index is 0.403. The van der Waals surface area contributed by atoms with E-state index in [-0.39, 0.29) is 0 Å². The number of hydrogen-bond donors (Lipinski definition) is 0.